The van der Waals surface area contributed by atoms with Crippen LogP contribution in [-0.2, 0) is 4.74 Å². The number of hydrogen-bond donors (Lipinski definition) is 1. The summed E-state index contributed by atoms with van der Waals surface area (Å²) < 4.78 is 44.9. The van der Waals surface area contributed by atoms with E-state index in [9.17, 15) is 18.0 Å². The van der Waals surface area contributed by atoms with Gasteiger partial charge in [0.15, 0.2) is 0 Å². The molecule has 23 heavy (non-hydrogen) atoms. The smallest absolute Gasteiger partial charge is 0.445 e. The van der Waals surface area contributed by atoms with Crippen LogP contribution in [0.15, 0.2) is 30.3 Å². The van der Waals surface area contributed by atoms with Gasteiger partial charge in [-0.15, -0.1) is 13.2 Å². The monoisotopic (exact) mass is 330 g/mol. The Kier molecular flexibility index (Phi) is 5.86. The van der Waals surface area contributed by atoms with E-state index in [1.165, 1.54) is 24.3 Å². The molecule has 1 amide bonds. The largest absolute Gasteiger partial charge is 0.573 e. The fraction of sp³-hybridized carbons (Fsp3) is 0.400. The third kappa shape index (κ3) is 6.19. The maximum Gasteiger partial charge on any atom is 0.573 e. The summed E-state index contributed by atoms with van der Waals surface area (Å²) in [5, 5.41) is 3.13. The lowest BCUT2D eigenvalue weighted by Crippen LogP contribution is -2.46. The molecule has 1 aliphatic rings. The third-order valence-electron chi connectivity index (χ3n) is 3.10. The van der Waals surface area contributed by atoms with Crippen molar-refractivity contribution in [2.45, 2.75) is 6.36 Å². The van der Waals surface area contributed by atoms with Crippen LogP contribution in [0, 0.1) is 0 Å². The van der Waals surface area contributed by atoms with Crippen LogP contribution >= 0.6 is 0 Å². The lowest BCUT2D eigenvalue weighted by atomic mass is 10.2. The molecule has 2 rings (SSSR count). The normalized spacial score (nSPS) is 15.7. The molecule has 0 radical (unpaired) electrons. The van der Waals surface area contributed by atoms with Crippen LogP contribution < -0.4 is 10.1 Å². The highest BCUT2D eigenvalue weighted by Gasteiger charge is 2.30. The molecule has 1 aliphatic heterocycles. The van der Waals surface area contributed by atoms with Crippen molar-refractivity contribution in [3.8, 4) is 5.75 Å². The molecule has 0 atom stereocenters. The average molecular weight is 330 g/mol. The van der Waals surface area contributed by atoms with Gasteiger partial charge in [0.1, 0.15) is 12.4 Å². The van der Waals surface area contributed by atoms with Gasteiger partial charge < -0.3 is 19.7 Å². The first kappa shape index (κ1) is 17.1. The van der Waals surface area contributed by atoms with Crippen LogP contribution in [0.5, 0.6) is 5.75 Å². The number of piperazine rings is 1. The van der Waals surface area contributed by atoms with E-state index in [1.54, 1.807) is 17.1 Å². The van der Waals surface area contributed by atoms with Crippen LogP contribution in [-0.4, -0.2) is 50.1 Å². The van der Waals surface area contributed by atoms with Crippen molar-refractivity contribution in [1.82, 2.24) is 10.2 Å². The second-order valence-electron chi connectivity index (χ2n) is 4.83. The number of amides is 1. The van der Waals surface area contributed by atoms with Crippen LogP contribution in [0.1, 0.15) is 5.56 Å². The standard InChI is InChI=1S/C15H17F3N2O3/c16-15(17,18)23-13-5-3-12(4-6-13)2-1-11-22-14(21)20-9-7-19-8-10-20/h1-6,19H,7-11H2/b2-1+. The fourth-order valence-corrected chi connectivity index (χ4v) is 2.02. The summed E-state index contributed by atoms with van der Waals surface area (Å²) in [6, 6.07) is 5.41. The predicted molar refractivity (Wildman–Crippen MR) is 77.9 cm³/mol. The van der Waals surface area contributed by atoms with Gasteiger partial charge in [0.05, 0.1) is 0 Å². The Balaban J connectivity index is 1.75. The van der Waals surface area contributed by atoms with Crippen LogP contribution in [0.3, 0.4) is 0 Å². The summed E-state index contributed by atoms with van der Waals surface area (Å²) in [6.45, 7) is 2.82. The second kappa shape index (κ2) is 7.87. The molecule has 0 aromatic heterocycles. The van der Waals surface area contributed by atoms with Gasteiger partial charge >= 0.3 is 12.5 Å². The van der Waals surface area contributed by atoms with Crippen LogP contribution in [0.4, 0.5) is 18.0 Å². The number of ether oxygens (including phenoxy) is 2. The number of benzene rings is 1. The minimum atomic E-state index is -4.70. The lowest BCUT2D eigenvalue weighted by molar-refractivity contribution is -0.274. The van der Waals surface area contributed by atoms with Crippen molar-refractivity contribution in [3.63, 3.8) is 0 Å². The number of carbonyl (C=O) groups is 1. The molecule has 0 aliphatic carbocycles. The third-order valence-corrected chi connectivity index (χ3v) is 3.10. The molecule has 0 unspecified atom stereocenters. The SMILES string of the molecule is O=C(OC/C=C/c1ccc(OC(F)(F)F)cc1)N1CCNCC1. The van der Waals surface area contributed by atoms with Crippen molar-refractivity contribution < 1.29 is 27.4 Å². The van der Waals surface area contributed by atoms with E-state index in [-0.39, 0.29) is 18.4 Å². The maximum absolute atomic E-state index is 12.0. The predicted octanol–water partition coefficient (Wildman–Crippen LogP) is 2.64. The molecular formula is C15H17F3N2O3. The molecule has 1 saturated heterocycles. The van der Waals surface area contributed by atoms with Gasteiger partial charge in [-0.1, -0.05) is 18.2 Å². The number of nitrogens with zero attached hydrogens (tertiary/aromatic N) is 1. The van der Waals surface area contributed by atoms with Crippen molar-refractivity contribution in [2.75, 3.05) is 32.8 Å². The molecule has 1 heterocycles. The molecule has 5 nitrogen and oxygen atoms in total. The van der Waals surface area contributed by atoms with E-state index in [0.717, 1.165) is 13.1 Å². The van der Waals surface area contributed by atoms with Gasteiger partial charge in [0.2, 0.25) is 0 Å². The summed E-state index contributed by atoms with van der Waals surface area (Å²) >= 11 is 0. The van der Waals surface area contributed by atoms with E-state index in [0.29, 0.717) is 18.7 Å². The molecule has 0 saturated carbocycles. The maximum atomic E-state index is 12.0. The Morgan fingerprint density at radius 2 is 1.87 bits per heavy atom. The quantitative estimate of drug-likeness (QED) is 0.922. The molecule has 1 fully saturated rings. The Morgan fingerprint density at radius 3 is 2.48 bits per heavy atom. The Hall–Kier alpha value is -2.22. The zero-order valence-corrected chi connectivity index (χ0v) is 12.3. The summed E-state index contributed by atoms with van der Waals surface area (Å²) in [5.74, 6) is -0.278. The number of hydrogen-bond acceptors (Lipinski definition) is 4. The number of nitrogens with one attached hydrogen (secondary N) is 1. The summed E-state index contributed by atoms with van der Waals surface area (Å²) in [4.78, 5) is 13.3. The second-order valence-corrected chi connectivity index (χ2v) is 4.83. The zero-order chi connectivity index (χ0) is 16.7. The Morgan fingerprint density at radius 1 is 1.22 bits per heavy atom. The highest BCUT2D eigenvalue weighted by atomic mass is 19.4. The highest BCUT2D eigenvalue weighted by molar-refractivity contribution is 5.68. The van der Waals surface area contributed by atoms with E-state index < -0.39 is 6.36 Å². The van der Waals surface area contributed by atoms with Crippen LogP contribution in [0.25, 0.3) is 6.08 Å². The van der Waals surface area contributed by atoms with E-state index >= 15 is 0 Å². The molecule has 126 valence electrons. The van der Waals surface area contributed by atoms with Crippen molar-refractivity contribution in [1.29, 1.82) is 0 Å². The first-order chi connectivity index (χ1) is 10.9. The lowest BCUT2D eigenvalue weighted by Gasteiger charge is -2.26. The molecule has 0 spiro atoms. The molecular weight excluding hydrogens is 313 g/mol. The van der Waals surface area contributed by atoms with Crippen molar-refractivity contribution in [2.24, 2.45) is 0 Å². The van der Waals surface area contributed by atoms with Gasteiger partial charge in [-0.3, -0.25) is 0 Å². The Labute approximate surface area is 131 Å². The number of halogens is 3. The molecule has 1 aromatic rings. The molecule has 0 bridgehead atoms. The van der Waals surface area contributed by atoms with Crippen molar-refractivity contribution >= 4 is 12.2 Å². The zero-order valence-electron chi connectivity index (χ0n) is 12.3. The van der Waals surface area contributed by atoms with Gasteiger partial charge in [0, 0.05) is 26.2 Å². The number of alkyl halides is 3. The highest BCUT2D eigenvalue weighted by Crippen LogP contribution is 2.22. The summed E-state index contributed by atoms with van der Waals surface area (Å²) in [5.41, 5.74) is 0.678. The molecule has 8 heteroatoms. The van der Waals surface area contributed by atoms with Crippen molar-refractivity contribution in [3.05, 3.63) is 35.9 Å². The minimum Gasteiger partial charge on any atom is -0.445 e. The van der Waals surface area contributed by atoms with E-state index in [1.807, 2.05) is 0 Å². The van der Waals surface area contributed by atoms with Gasteiger partial charge in [0.25, 0.3) is 0 Å². The van der Waals surface area contributed by atoms with Gasteiger partial charge in [-0.2, -0.15) is 0 Å². The average Bonchev–Trinajstić information content (AvgIpc) is 2.52. The Bertz CT molecular complexity index is 538. The topological polar surface area (TPSA) is 50.8 Å². The fourth-order valence-electron chi connectivity index (χ4n) is 2.02. The summed E-state index contributed by atoms with van der Waals surface area (Å²) in [7, 11) is 0. The first-order valence-corrected chi connectivity index (χ1v) is 7.09. The molecule has 1 N–H and O–H groups in total. The number of rotatable bonds is 4. The van der Waals surface area contributed by atoms with Gasteiger partial charge in [-0.25, -0.2) is 4.79 Å². The molecule has 1 aromatic carbocycles. The minimum absolute atomic E-state index is 0.101. The van der Waals surface area contributed by atoms with E-state index in [2.05, 4.69) is 10.1 Å². The number of carbonyl (C=O) groups excluding carboxylic acids is 1. The van der Waals surface area contributed by atoms with Crippen LogP contribution in [0.2, 0.25) is 0 Å². The van der Waals surface area contributed by atoms with E-state index in [4.69, 9.17) is 4.74 Å². The summed E-state index contributed by atoms with van der Waals surface area (Å²) in [6.07, 6.45) is -1.79. The first-order valence-electron chi connectivity index (χ1n) is 7.09. The van der Waals surface area contributed by atoms with Gasteiger partial charge in [-0.05, 0) is 23.8 Å².